The van der Waals surface area contributed by atoms with Crippen molar-refractivity contribution in [1.82, 2.24) is 15.1 Å². The molecule has 0 aromatic rings. The number of nitrogens with one attached hydrogen (secondary N) is 1. The average molecular weight is 338 g/mol. The van der Waals surface area contributed by atoms with Crippen LogP contribution in [0.5, 0.6) is 0 Å². The van der Waals surface area contributed by atoms with Crippen LogP contribution in [-0.4, -0.2) is 75.2 Å². The third kappa shape index (κ3) is 5.96. The number of ether oxygens (including phenoxy) is 1. The smallest absolute Gasteiger partial charge is 0.243 e. The summed E-state index contributed by atoms with van der Waals surface area (Å²) in [5, 5.41) is 3.50. The van der Waals surface area contributed by atoms with Gasteiger partial charge in [0, 0.05) is 46.3 Å². The molecule has 0 aromatic carbocycles. The first-order valence-electron chi connectivity index (χ1n) is 9.26. The van der Waals surface area contributed by atoms with Crippen LogP contribution in [0, 0.1) is 17.8 Å². The Morgan fingerprint density at radius 1 is 1.33 bits per heavy atom. The zero-order chi connectivity index (χ0) is 17.5. The van der Waals surface area contributed by atoms with Gasteiger partial charge in [-0.25, -0.2) is 4.99 Å². The molecule has 0 saturated carbocycles. The van der Waals surface area contributed by atoms with Crippen LogP contribution in [0.15, 0.2) is 4.99 Å². The number of nitrogens with zero attached hydrogens (tertiary/aromatic N) is 3. The van der Waals surface area contributed by atoms with Gasteiger partial charge in [0.25, 0.3) is 0 Å². The monoisotopic (exact) mass is 338 g/mol. The van der Waals surface area contributed by atoms with Gasteiger partial charge in [-0.3, -0.25) is 4.79 Å². The summed E-state index contributed by atoms with van der Waals surface area (Å²) in [5.74, 6) is 2.94. The van der Waals surface area contributed by atoms with Crippen molar-refractivity contribution in [2.75, 3.05) is 53.5 Å². The molecule has 1 N–H and O–H groups in total. The van der Waals surface area contributed by atoms with Crippen molar-refractivity contribution in [1.29, 1.82) is 0 Å². The molecule has 2 atom stereocenters. The molecule has 2 saturated heterocycles. The highest BCUT2D eigenvalue weighted by Crippen LogP contribution is 2.23. The van der Waals surface area contributed by atoms with Gasteiger partial charge < -0.3 is 19.9 Å². The Kier molecular flexibility index (Phi) is 7.34. The molecule has 0 bridgehead atoms. The average Bonchev–Trinajstić information content (AvgIpc) is 3.18. The molecule has 0 radical (unpaired) electrons. The van der Waals surface area contributed by atoms with Crippen LogP contribution in [0.1, 0.15) is 33.1 Å². The molecule has 138 valence electrons. The predicted octanol–water partition coefficient (Wildman–Crippen LogP) is 1.42. The Balaban J connectivity index is 1.93. The molecule has 2 unspecified atom stereocenters. The van der Waals surface area contributed by atoms with Crippen LogP contribution >= 0.6 is 0 Å². The van der Waals surface area contributed by atoms with Gasteiger partial charge in [0.2, 0.25) is 5.91 Å². The molecule has 2 fully saturated rings. The SMILES string of the molecule is CC(C)CC1CCN(C(=NCC(=O)N(C)C)NCC2CCOC2)C1. The lowest BCUT2D eigenvalue weighted by Crippen LogP contribution is -2.43. The predicted molar refractivity (Wildman–Crippen MR) is 97.1 cm³/mol. The van der Waals surface area contributed by atoms with E-state index in [2.05, 4.69) is 29.1 Å². The molecule has 0 aromatic heterocycles. The number of hydrogen-bond acceptors (Lipinski definition) is 3. The van der Waals surface area contributed by atoms with Crippen molar-refractivity contribution in [3.63, 3.8) is 0 Å². The molecule has 6 nitrogen and oxygen atoms in total. The minimum atomic E-state index is 0.0384. The van der Waals surface area contributed by atoms with Gasteiger partial charge >= 0.3 is 0 Å². The van der Waals surface area contributed by atoms with Crippen LogP contribution in [0.4, 0.5) is 0 Å². The largest absolute Gasteiger partial charge is 0.381 e. The summed E-state index contributed by atoms with van der Waals surface area (Å²) < 4.78 is 5.45. The summed E-state index contributed by atoms with van der Waals surface area (Å²) in [6.45, 7) is 9.41. The van der Waals surface area contributed by atoms with Crippen molar-refractivity contribution in [3.05, 3.63) is 0 Å². The number of likely N-dealkylation sites (tertiary alicyclic amines) is 1. The van der Waals surface area contributed by atoms with E-state index in [-0.39, 0.29) is 12.5 Å². The third-order valence-electron chi connectivity index (χ3n) is 4.83. The number of rotatable bonds is 6. The van der Waals surface area contributed by atoms with Gasteiger partial charge in [-0.2, -0.15) is 0 Å². The van der Waals surface area contributed by atoms with Crippen molar-refractivity contribution in [2.45, 2.75) is 33.1 Å². The van der Waals surface area contributed by atoms with Crippen molar-refractivity contribution in [3.8, 4) is 0 Å². The van der Waals surface area contributed by atoms with E-state index in [4.69, 9.17) is 4.74 Å². The molecule has 1 amide bonds. The first-order chi connectivity index (χ1) is 11.5. The molecular weight excluding hydrogens is 304 g/mol. The lowest BCUT2D eigenvalue weighted by atomic mass is 9.97. The highest BCUT2D eigenvalue weighted by molar-refractivity contribution is 5.85. The number of aliphatic imine (C=N–C) groups is 1. The maximum Gasteiger partial charge on any atom is 0.243 e. The van der Waals surface area contributed by atoms with E-state index in [1.165, 1.54) is 12.8 Å². The molecule has 0 aliphatic carbocycles. The van der Waals surface area contributed by atoms with Crippen LogP contribution in [0.2, 0.25) is 0 Å². The fraction of sp³-hybridized carbons (Fsp3) is 0.889. The summed E-state index contributed by atoms with van der Waals surface area (Å²) >= 11 is 0. The van der Waals surface area contributed by atoms with Crippen LogP contribution < -0.4 is 5.32 Å². The van der Waals surface area contributed by atoms with Crippen LogP contribution in [0.25, 0.3) is 0 Å². The summed E-state index contributed by atoms with van der Waals surface area (Å²) in [6, 6.07) is 0. The molecule has 2 aliphatic rings. The highest BCUT2D eigenvalue weighted by Gasteiger charge is 2.26. The third-order valence-corrected chi connectivity index (χ3v) is 4.83. The quantitative estimate of drug-likeness (QED) is 0.588. The van der Waals surface area contributed by atoms with Gasteiger partial charge in [-0.05, 0) is 31.1 Å². The zero-order valence-corrected chi connectivity index (χ0v) is 15.8. The van der Waals surface area contributed by atoms with E-state index < -0.39 is 0 Å². The molecule has 24 heavy (non-hydrogen) atoms. The Labute approximate surface area is 146 Å². The zero-order valence-electron chi connectivity index (χ0n) is 15.8. The molecular formula is C18H34N4O2. The fourth-order valence-corrected chi connectivity index (χ4v) is 3.42. The normalized spacial score (nSPS) is 24.7. The van der Waals surface area contributed by atoms with Crippen LogP contribution in [-0.2, 0) is 9.53 Å². The van der Waals surface area contributed by atoms with E-state index in [9.17, 15) is 4.79 Å². The van der Waals surface area contributed by atoms with Crippen molar-refractivity contribution in [2.24, 2.45) is 22.7 Å². The van der Waals surface area contributed by atoms with Gasteiger partial charge in [-0.15, -0.1) is 0 Å². The maximum absolute atomic E-state index is 11.9. The molecule has 0 spiro atoms. The lowest BCUT2D eigenvalue weighted by molar-refractivity contribution is -0.127. The van der Waals surface area contributed by atoms with E-state index in [0.717, 1.165) is 57.1 Å². The molecule has 2 aliphatic heterocycles. The Morgan fingerprint density at radius 3 is 2.75 bits per heavy atom. The molecule has 2 rings (SSSR count). The molecule has 2 heterocycles. The molecule has 6 heteroatoms. The topological polar surface area (TPSA) is 57.2 Å². The fourth-order valence-electron chi connectivity index (χ4n) is 3.42. The second kappa shape index (κ2) is 9.25. The second-order valence-corrected chi connectivity index (χ2v) is 7.77. The van der Waals surface area contributed by atoms with Gasteiger partial charge in [0.1, 0.15) is 6.54 Å². The number of amides is 1. The number of carbonyl (C=O) groups excluding carboxylic acids is 1. The second-order valence-electron chi connectivity index (χ2n) is 7.77. The number of likely N-dealkylation sites (N-methyl/N-ethyl adjacent to an activating group) is 1. The Bertz CT molecular complexity index is 431. The Hall–Kier alpha value is -1.30. The maximum atomic E-state index is 11.9. The minimum Gasteiger partial charge on any atom is -0.381 e. The van der Waals surface area contributed by atoms with Crippen LogP contribution in [0.3, 0.4) is 0 Å². The highest BCUT2D eigenvalue weighted by atomic mass is 16.5. The van der Waals surface area contributed by atoms with Gasteiger partial charge in [0.05, 0.1) is 6.61 Å². The number of guanidine groups is 1. The first-order valence-corrected chi connectivity index (χ1v) is 9.26. The van der Waals surface area contributed by atoms with E-state index >= 15 is 0 Å². The summed E-state index contributed by atoms with van der Waals surface area (Å²) in [6.07, 6.45) is 3.58. The number of hydrogen-bond donors (Lipinski definition) is 1. The van der Waals surface area contributed by atoms with Gasteiger partial charge in [0.15, 0.2) is 5.96 Å². The van der Waals surface area contributed by atoms with E-state index in [0.29, 0.717) is 5.92 Å². The summed E-state index contributed by atoms with van der Waals surface area (Å²) in [5.41, 5.74) is 0. The minimum absolute atomic E-state index is 0.0384. The van der Waals surface area contributed by atoms with Gasteiger partial charge in [-0.1, -0.05) is 13.8 Å². The van der Waals surface area contributed by atoms with Crippen molar-refractivity contribution < 1.29 is 9.53 Å². The van der Waals surface area contributed by atoms with Crippen molar-refractivity contribution >= 4 is 11.9 Å². The van der Waals surface area contributed by atoms with E-state index in [1.54, 1.807) is 19.0 Å². The lowest BCUT2D eigenvalue weighted by Gasteiger charge is -2.24. The number of carbonyl (C=O) groups is 1. The van der Waals surface area contributed by atoms with E-state index in [1.807, 2.05) is 0 Å². The summed E-state index contributed by atoms with van der Waals surface area (Å²) in [4.78, 5) is 20.4. The standard InChI is InChI=1S/C18H34N4O2/c1-14(2)9-15-5-7-22(12-15)18(20-11-17(23)21(3)4)19-10-16-6-8-24-13-16/h14-16H,5-13H2,1-4H3,(H,19,20). The first kappa shape index (κ1) is 19.0. The summed E-state index contributed by atoms with van der Waals surface area (Å²) in [7, 11) is 3.55. The Morgan fingerprint density at radius 2 is 2.12 bits per heavy atom.